The lowest BCUT2D eigenvalue weighted by molar-refractivity contribution is -0.140. The van der Waals surface area contributed by atoms with E-state index in [0.717, 1.165) is 0 Å². The smallest absolute Gasteiger partial charge is 0.413 e. The molecule has 1 amide bonds. The largest absolute Gasteiger partial charge is 0.481 e. The van der Waals surface area contributed by atoms with E-state index in [1.54, 1.807) is 0 Å². The van der Waals surface area contributed by atoms with Crippen LogP contribution in [-0.2, 0) is 9.59 Å². The first kappa shape index (κ1) is 15.3. The molecule has 1 atom stereocenters. The number of nitrogens with two attached hydrogens (primary N) is 1. The third-order valence-electron chi connectivity index (χ3n) is 2.33. The van der Waals surface area contributed by atoms with E-state index in [4.69, 9.17) is 20.7 Å². The maximum atomic E-state index is 11.5. The number of nitrogens with one attached hydrogen (secondary N) is 1. The van der Waals surface area contributed by atoms with Gasteiger partial charge in [-0.3, -0.25) is 4.79 Å². The highest BCUT2D eigenvalue weighted by atomic mass is 16.6. The van der Waals surface area contributed by atoms with Crippen molar-refractivity contribution in [3.8, 4) is 5.75 Å². The zero-order chi connectivity index (χ0) is 15.1. The summed E-state index contributed by atoms with van der Waals surface area (Å²) in [5.41, 5.74) is 5.94. The molecule has 0 aliphatic heterocycles. The van der Waals surface area contributed by atoms with Gasteiger partial charge in [-0.1, -0.05) is 0 Å². The average Bonchev–Trinajstić information content (AvgIpc) is 2.36. The maximum Gasteiger partial charge on any atom is 0.413 e. The molecule has 8 heteroatoms. The number of hydrogen-bond acceptors (Lipinski definition) is 5. The second-order valence-electron chi connectivity index (χ2n) is 3.93. The molecular weight excluding hydrogens is 268 g/mol. The summed E-state index contributed by atoms with van der Waals surface area (Å²) in [5.74, 6) is -2.29. The van der Waals surface area contributed by atoms with Crippen molar-refractivity contribution in [3.05, 3.63) is 24.3 Å². The number of hydrogen-bond donors (Lipinski definition) is 4. The third kappa shape index (κ3) is 5.25. The number of carbonyl (C=O) groups excluding carboxylic acids is 1. The van der Waals surface area contributed by atoms with Gasteiger partial charge in [0.15, 0.2) is 0 Å². The van der Waals surface area contributed by atoms with Gasteiger partial charge < -0.3 is 26.0 Å². The maximum absolute atomic E-state index is 11.5. The van der Waals surface area contributed by atoms with Crippen molar-refractivity contribution in [1.29, 1.82) is 0 Å². The van der Waals surface area contributed by atoms with Gasteiger partial charge in [0.2, 0.25) is 0 Å². The topological polar surface area (TPSA) is 139 Å². The van der Waals surface area contributed by atoms with Gasteiger partial charge in [-0.15, -0.1) is 0 Å². The molecule has 0 saturated carbocycles. The number of amides is 1. The first-order chi connectivity index (χ1) is 9.38. The van der Waals surface area contributed by atoms with Crippen molar-refractivity contribution in [2.45, 2.75) is 18.9 Å². The minimum atomic E-state index is -1.33. The first-order valence-electron chi connectivity index (χ1n) is 5.67. The summed E-state index contributed by atoms with van der Waals surface area (Å²) < 4.78 is 4.84. The van der Waals surface area contributed by atoms with Crippen molar-refractivity contribution >= 4 is 23.7 Å². The molecule has 1 aromatic rings. The Balaban J connectivity index is 2.55. The number of carboxylic acid groups (broad SMARTS) is 2. The Hall–Kier alpha value is -2.77. The number of rotatable bonds is 6. The number of aliphatic carboxylic acids is 2. The Morgan fingerprint density at radius 3 is 2.30 bits per heavy atom. The zero-order valence-corrected chi connectivity index (χ0v) is 10.4. The molecular formula is C12H14N2O6. The van der Waals surface area contributed by atoms with E-state index in [-0.39, 0.29) is 18.6 Å². The van der Waals surface area contributed by atoms with Crippen LogP contribution in [0.15, 0.2) is 24.3 Å². The van der Waals surface area contributed by atoms with Crippen LogP contribution in [0, 0.1) is 0 Å². The zero-order valence-electron chi connectivity index (χ0n) is 10.4. The molecule has 108 valence electrons. The Morgan fingerprint density at radius 2 is 1.80 bits per heavy atom. The summed E-state index contributed by atoms with van der Waals surface area (Å²) in [6.45, 7) is 0. The van der Waals surface area contributed by atoms with E-state index in [1.165, 1.54) is 24.3 Å². The van der Waals surface area contributed by atoms with Gasteiger partial charge in [0, 0.05) is 12.1 Å². The quantitative estimate of drug-likeness (QED) is 0.562. The Bertz CT molecular complexity index is 499. The molecule has 0 aromatic heterocycles. The van der Waals surface area contributed by atoms with Gasteiger partial charge >= 0.3 is 18.0 Å². The number of nitrogen functional groups attached to an aromatic ring is 1. The lowest BCUT2D eigenvalue weighted by Gasteiger charge is -2.13. The number of benzene rings is 1. The summed E-state index contributed by atoms with van der Waals surface area (Å²) in [4.78, 5) is 32.7. The molecule has 0 aliphatic rings. The van der Waals surface area contributed by atoms with E-state index in [1.807, 2.05) is 0 Å². The Morgan fingerprint density at radius 1 is 1.20 bits per heavy atom. The fourth-order valence-corrected chi connectivity index (χ4v) is 1.34. The number of anilines is 1. The molecule has 0 bridgehead atoms. The van der Waals surface area contributed by atoms with Gasteiger partial charge in [0.05, 0.1) is 0 Å². The molecule has 0 fully saturated rings. The van der Waals surface area contributed by atoms with Gasteiger partial charge in [-0.25, -0.2) is 9.59 Å². The average molecular weight is 282 g/mol. The van der Waals surface area contributed by atoms with Crippen LogP contribution in [0.25, 0.3) is 0 Å². The third-order valence-corrected chi connectivity index (χ3v) is 2.33. The van der Waals surface area contributed by atoms with Crippen LogP contribution < -0.4 is 15.8 Å². The monoisotopic (exact) mass is 282 g/mol. The molecule has 0 aliphatic carbocycles. The van der Waals surface area contributed by atoms with Gasteiger partial charge in [0.25, 0.3) is 0 Å². The molecule has 8 nitrogen and oxygen atoms in total. The predicted octanol–water partition coefficient (Wildman–Crippen LogP) is 0.675. The highest BCUT2D eigenvalue weighted by Crippen LogP contribution is 2.13. The highest BCUT2D eigenvalue weighted by Gasteiger charge is 2.21. The SMILES string of the molecule is Nc1ccc(OC(=O)N[C@H](CCC(=O)O)C(=O)O)cc1. The molecule has 5 N–H and O–H groups in total. The molecule has 1 rings (SSSR count). The lowest BCUT2D eigenvalue weighted by atomic mass is 10.1. The minimum absolute atomic E-state index is 0.194. The fourth-order valence-electron chi connectivity index (χ4n) is 1.34. The Kier molecular flexibility index (Phi) is 5.33. The number of carboxylic acids is 2. The summed E-state index contributed by atoms with van der Waals surface area (Å²) >= 11 is 0. The number of ether oxygens (including phenoxy) is 1. The standard InChI is InChI=1S/C12H14N2O6/c13-7-1-3-8(4-2-7)20-12(19)14-9(11(17)18)5-6-10(15)16/h1-4,9H,5-6,13H2,(H,14,19)(H,15,16)(H,17,18)/t9-/m1/s1. The molecule has 0 spiro atoms. The Labute approximate surface area is 114 Å². The van der Waals surface area contributed by atoms with E-state index in [0.29, 0.717) is 5.69 Å². The predicted molar refractivity (Wildman–Crippen MR) is 68.3 cm³/mol. The van der Waals surface area contributed by atoms with Crippen LogP contribution >= 0.6 is 0 Å². The van der Waals surface area contributed by atoms with Crippen molar-refractivity contribution in [1.82, 2.24) is 5.32 Å². The van der Waals surface area contributed by atoms with Crippen LogP contribution in [-0.4, -0.2) is 34.3 Å². The molecule has 0 saturated heterocycles. The molecule has 20 heavy (non-hydrogen) atoms. The highest BCUT2D eigenvalue weighted by molar-refractivity contribution is 5.81. The normalized spacial score (nSPS) is 11.4. The summed E-state index contributed by atoms with van der Waals surface area (Å²) in [5, 5.41) is 19.4. The summed E-state index contributed by atoms with van der Waals surface area (Å²) in [6, 6.07) is 4.60. The second-order valence-corrected chi connectivity index (χ2v) is 3.93. The first-order valence-corrected chi connectivity index (χ1v) is 5.67. The van der Waals surface area contributed by atoms with Crippen molar-refractivity contribution < 1.29 is 29.3 Å². The van der Waals surface area contributed by atoms with Crippen molar-refractivity contribution in [2.24, 2.45) is 0 Å². The van der Waals surface area contributed by atoms with Crippen molar-refractivity contribution in [3.63, 3.8) is 0 Å². The molecule has 0 radical (unpaired) electrons. The van der Waals surface area contributed by atoms with Crippen molar-refractivity contribution in [2.75, 3.05) is 5.73 Å². The van der Waals surface area contributed by atoms with E-state index < -0.39 is 24.1 Å². The van der Waals surface area contributed by atoms with Crippen LogP contribution in [0.2, 0.25) is 0 Å². The van der Waals surface area contributed by atoms with Gasteiger partial charge in [-0.2, -0.15) is 0 Å². The van der Waals surface area contributed by atoms with Gasteiger partial charge in [-0.05, 0) is 30.7 Å². The summed E-state index contributed by atoms with van der Waals surface area (Å²) in [7, 11) is 0. The second kappa shape index (κ2) is 6.98. The van der Waals surface area contributed by atoms with Crippen LogP contribution in [0.3, 0.4) is 0 Å². The van der Waals surface area contributed by atoms with E-state index >= 15 is 0 Å². The summed E-state index contributed by atoms with van der Waals surface area (Å²) in [6.07, 6.45) is -1.59. The van der Waals surface area contributed by atoms with Gasteiger partial charge in [0.1, 0.15) is 11.8 Å². The van der Waals surface area contributed by atoms with E-state index in [2.05, 4.69) is 5.32 Å². The molecule has 0 unspecified atom stereocenters. The van der Waals surface area contributed by atoms with E-state index in [9.17, 15) is 14.4 Å². The van der Waals surface area contributed by atoms with Crippen LogP contribution in [0.5, 0.6) is 5.75 Å². The minimum Gasteiger partial charge on any atom is -0.481 e. The fraction of sp³-hybridized carbons (Fsp3) is 0.250. The number of carbonyl (C=O) groups is 3. The van der Waals surface area contributed by atoms with Crippen LogP contribution in [0.1, 0.15) is 12.8 Å². The lowest BCUT2D eigenvalue weighted by Crippen LogP contribution is -2.42. The molecule has 0 heterocycles. The van der Waals surface area contributed by atoms with Crippen LogP contribution in [0.4, 0.5) is 10.5 Å². The molecule has 1 aromatic carbocycles.